The molecule has 0 saturated carbocycles. The normalized spacial score (nSPS) is 16.9. The lowest BCUT2D eigenvalue weighted by Crippen LogP contribution is -2.57. The summed E-state index contributed by atoms with van der Waals surface area (Å²) in [5.41, 5.74) is 1.18. The highest BCUT2D eigenvalue weighted by Gasteiger charge is 2.41. The molecule has 0 spiro atoms. The molecular weight excluding hydrogens is 332 g/mol. The molecule has 1 aliphatic heterocycles. The number of likely N-dealkylation sites (N-methyl/N-ethyl adjacent to an activating group) is 1. The van der Waals surface area contributed by atoms with Crippen LogP contribution in [0.3, 0.4) is 0 Å². The summed E-state index contributed by atoms with van der Waals surface area (Å²) in [4.78, 5) is 15.0. The van der Waals surface area contributed by atoms with Crippen LogP contribution in [0.25, 0.3) is 0 Å². The zero-order valence-corrected chi connectivity index (χ0v) is 15.5. The summed E-state index contributed by atoms with van der Waals surface area (Å²) >= 11 is 0. The highest BCUT2D eigenvalue weighted by Crippen LogP contribution is 2.29. The standard InChI is InChI=1S/C19H26N4O3/c1-14-11-16(22-26-14)13-23-9-7-19(8-10-23,18(24)20-2)21-15-5-4-6-17(12-15)25-3/h4-6,11-12,21H,7-10,13H2,1-3H3,(H,20,24). The van der Waals surface area contributed by atoms with Crippen LogP contribution in [0.1, 0.15) is 24.3 Å². The van der Waals surface area contributed by atoms with E-state index in [-0.39, 0.29) is 5.91 Å². The number of ether oxygens (including phenoxy) is 1. The Labute approximate surface area is 153 Å². The molecule has 2 heterocycles. The van der Waals surface area contributed by atoms with Crippen molar-refractivity contribution in [3.8, 4) is 5.75 Å². The van der Waals surface area contributed by atoms with E-state index >= 15 is 0 Å². The quantitative estimate of drug-likeness (QED) is 0.824. The van der Waals surface area contributed by atoms with Crippen LogP contribution in [-0.4, -0.2) is 48.7 Å². The number of hydrogen-bond acceptors (Lipinski definition) is 6. The number of hydrogen-bond donors (Lipinski definition) is 2. The summed E-state index contributed by atoms with van der Waals surface area (Å²) in [5.74, 6) is 1.59. The molecule has 7 nitrogen and oxygen atoms in total. The first kappa shape index (κ1) is 18.3. The van der Waals surface area contributed by atoms with E-state index in [1.807, 2.05) is 37.3 Å². The van der Waals surface area contributed by atoms with Gasteiger partial charge in [0.2, 0.25) is 5.91 Å². The maximum Gasteiger partial charge on any atom is 0.245 e. The van der Waals surface area contributed by atoms with Crippen molar-refractivity contribution in [1.29, 1.82) is 0 Å². The zero-order valence-electron chi connectivity index (χ0n) is 15.5. The van der Waals surface area contributed by atoms with E-state index in [1.54, 1.807) is 14.2 Å². The van der Waals surface area contributed by atoms with E-state index in [4.69, 9.17) is 9.26 Å². The fourth-order valence-electron chi connectivity index (χ4n) is 3.44. The lowest BCUT2D eigenvalue weighted by atomic mass is 9.86. The summed E-state index contributed by atoms with van der Waals surface area (Å²) in [6.45, 7) is 4.23. The van der Waals surface area contributed by atoms with Crippen LogP contribution in [0.2, 0.25) is 0 Å². The van der Waals surface area contributed by atoms with Crippen molar-refractivity contribution in [2.75, 3.05) is 32.6 Å². The number of likely N-dealkylation sites (tertiary alicyclic amines) is 1. The van der Waals surface area contributed by atoms with E-state index in [9.17, 15) is 4.79 Å². The molecule has 1 amide bonds. The van der Waals surface area contributed by atoms with Crippen LogP contribution < -0.4 is 15.4 Å². The van der Waals surface area contributed by atoms with Crippen molar-refractivity contribution in [2.45, 2.75) is 31.8 Å². The third-order valence-corrected chi connectivity index (χ3v) is 4.89. The second-order valence-electron chi connectivity index (χ2n) is 6.72. The van der Waals surface area contributed by atoms with Crippen LogP contribution >= 0.6 is 0 Å². The van der Waals surface area contributed by atoms with Crippen LogP contribution in [0.5, 0.6) is 5.75 Å². The van der Waals surface area contributed by atoms with Gasteiger partial charge in [0.25, 0.3) is 0 Å². The van der Waals surface area contributed by atoms with Crippen molar-refractivity contribution in [2.24, 2.45) is 0 Å². The van der Waals surface area contributed by atoms with E-state index in [0.29, 0.717) is 12.8 Å². The highest BCUT2D eigenvalue weighted by atomic mass is 16.5. The van der Waals surface area contributed by atoms with Gasteiger partial charge in [0.15, 0.2) is 0 Å². The van der Waals surface area contributed by atoms with Crippen molar-refractivity contribution >= 4 is 11.6 Å². The molecule has 0 aliphatic carbocycles. The molecule has 0 atom stereocenters. The first-order chi connectivity index (χ1) is 12.5. The smallest absolute Gasteiger partial charge is 0.245 e. The largest absolute Gasteiger partial charge is 0.497 e. The molecule has 0 bridgehead atoms. The topological polar surface area (TPSA) is 79.6 Å². The van der Waals surface area contributed by atoms with Gasteiger partial charge in [-0.15, -0.1) is 0 Å². The number of nitrogens with zero attached hydrogens (tertiary/aromatic N) is 2. The first-order valence-electron chi connectivity index (χ1n) is 8.83. The minimum Gasteiger partial charge on any atom is -0.497 e. The summed E-state index contributed by atoms with van der Waals surface area (Å²) < 4.78 is 10.4. The Bertz CT molecular complexity index is 751. The molecule has 26 heavy (non-hydrogen) atoms. The van der Waals surface area contributed by atoms with Crippen molar-refractivity contribution in [1.82, 2.24) is 15.4 Å². The SMILES string of the molecule is CNC(=O)C1(Nc2cccc(OC)c2)CCN(Cc2cc(C)on2)CC1. The van der Waals surface area contributed by atoms with Gasteiger partial charge in [-0.2, -0.15) is 0 Å². The third-order valence-electron chi connectivity index (χ3n) is 4.89. The molecule has 0 unspecified atom stereocenters. The number of carbonyl (C=O) groups excluding carboxylic acids is 1. The molecular formula is C19H26N4O3. The molecule has 1 fully saturated rings. The minimum absolute atomic E-state index is 0.0113. The van der Waals surface area contributed by atoms with Crippen molar-refractivity contribution in [3.05, 3.63) is 41.8 Å². The summed E-state index contributed by atoms with van der Waals surface area (Å²) in [6, 6.07) is 9.63. The maximum atomic E-state index is 12.7. The molecule has 7 heteroatoms. The number of carbonyl (C=O) groups is 1. The van der Waals surface area contributed by atoms with Gasteiger partial charge in [0.05, 0.1) is 12.8 Å². The van der Waals surface area contributed by atoms with Crippen LogP contribution in [0.4, 0.5) is 5.69 Å². The highest BCUT2D eigenvalue weighted by molar-refractivity contribution is 5.89. The Kier molecular flexibility index (Phi) is 5.46. The predicted octanol–water partition coefficient (Wildman–Crippen LogP) is 2.18. The van der Waals surface area contributed by atoms with Gasteiger partial charge in [0, 0.05) is 44.5 Å². The Morgan fingerprint density at radius 2 is 2.12 bits per heavy atom. The Balaban J connectivity index is 1.70. The molecule has 3 rings (SSSR count). The number of piperidine rings is 1. The van der Waals surface area contributed by atoms with E-state index in [2.05, 4.69) is 20.7 Å². The lowest BCUT2D eigenvalue weighted by Gasteiger charge is -2.41. The second kappa shape index (κ2) is 7.78. The average molecular weight is 358 g/mol. The number of aryl methyl sites for hydroxylation is 1. The Morgan fingerprint density at radius 1 is 1.35 bits per heavy atom. The molecule has 0 radical (unpaired) electrons. The first-order valence-corrected chi connectivity index (χ1v) is 8.83. The number of methoxy groups -OCH3 is 1. The average Bonchev–Trinajstić information content (AvgIpc) is 3.07. The van der Waals surface area contributed by atoms with E-state index < -0.39 is 5.54 Å². The number of aromatic nitrogens is 1. The molecule has 1 saturated heterocycles. The maximum absolute atomic E-state index is 12.7. The summed E-state index contributed by atoms with van der Waals surface area (Å²) in [7, 11) is 3.32. The van der Waals surface area contributed by atoms with Gasteiger partial charge in [-0.3, -0.25) is 9.69 Å². The number of anilines is 1. The lowest BCUT2D eigenvalue weighted by molar-refractivity contribution is -0.126. The third kappa shape index (κ3) is 3.99. The molecule has 1 aromatic carbocycles. The fraction of sp³-hybridized carbons (Fsp3) is 0.474. The van der Waals surface area contributed by atoms with Gasteiger partial charge in [-0.1, -0.05) is 11.2 Å². The molecule has 2 N–H and O–H groups in total. The fourth-order valence-corrected chi connectivity index (χ4v) is 3.44. The molecule has 2 aromatic rings. The van der Waals surface area contributed by atoms with Crippen molar-refractivity contribution in [3.63, 3.8) is 0 Å². The number of nitrogens with one attached hydrogen (secondary N) is 2. The zero-order chi connectivity index (χ0) is 18.6. The van der Waals surface area contributed by atoms with Crippen LogP contribution in [-0.2, 0) is 11.3 Å². The summed E-state index contributed by atoms with van der Waals surface area (Å²) in [5, 5.41) is 10.3. The number of amides is 1. The van der Waals surface area contributed by atoms with Gasteiger partial charge in [0.1, 0.15) is 17.0 Å². The van der Waals surface area contributed by atoms with Crippen LogP contribution in [0, 0.1) is 6.92 Å². The Hall–Kier alpha value is -2.54. The molecule has 140 valence electrons. The monoisotopic (exact) mass is 358 g/mol. The molecule has 1 aromatic heterocycles. The predicted molar refractivity (Wildman–Crippen MR) is 99.2 cm³/mol. The molecule has 1 aliphatic rings. The van der Waals surface area contributed by atoms with Gasteiger partial charge < -0.3 is 19.9 Å². The van der Waals surface area contributed by atoms with E-state index in [0.717, 1.165) is 42.5 Å². The second-order valence-corrected chi connectivity index (χ2v) is 6.72. The van der Waals surface area contributed by atoms with Gasteiger partial charge in [-0.25, -0.2) is 0 Å². The van der Waals surface area contributed by atoms with Gasteiger partial charge in [-0.05, 0) is 31.9 Å². The van der Waals surface area contributed by atoms with Gasteiger partial charge >= 0.3 is 0 Å². The minimum atomic E-state index is -0.628. The number of rotatable bonds is 6. The van der Waals surface area contributed by atoms with Crippen molar-refractivity contribution < 1.29 is 14.1 Å². The van der Waals surface area contributed by atoms with Crippen LogP contribution in [0.15, 0.2) is 34.9 Å². The van der Waals surface area contributed by atoms with E-state index in [1.165, 1.54) is 0 Å². The Morgan fingerprint density at radius 3 is 2.73 bits per heavy atom. The summed E-state index contributed by atoms with van der Waals surface area (Å²) in [6.07, 6.45) is 1.42. The number of benzene rings is 1.